The summed E-state index contributed by atoms with van der Waals surface area (Å²) < 4.78 is 57.3. The molecule has 0 radical (unpaired) electrons. The predicted molar refractivity (Wildman–Crippen MR) is 460 cm³/mol. The van der Waals surface area contributed by atoms with E-state index in [-0.39, 0.29) is 11.6 Å². The summed E-state index contributed by atoms with van der Waals surface area (Å²) in [6.45, 7) is 22.7. The highest BCUT2D eigenvalue weighted by Gasteiger charge is 2.31. The number of thiophene rings is 7. The predicted octanol–water partition coefficient (Wildman–Crippen LogP) is 32.6. The summed E-state index contributed by atoms with van der Waals surface area (Å²) in [5.74, 6) is 0.726. The number of hydrogen-bond donors (Lipinski definition) is 0. The van der Waals surface area contributed by atoms with Crippen molar-refractivity contribution in [3.8, 4) is 71.7 Å². The molecule has 12 aromatic rings. The lowest BCUT2D eigenvalue weighted by Gasteiger charge is -2.14. The molecule has 0 saturated carbocycles. The molecule has 0 spiro atoms. The first kappa shape index (κ1) is 78.2. The number of aryl methyl sites for hydroxylation is 6. The molecule has 103 heavy (non-hydrogen) atoms. The van der Waals surface area contributed by atoms with Crippen LogP contribution in [-0.2, 0) is 38.5 Å². The quantitative estimate of drug-likeness (QED) is 0.0357. The summed E-state index contributed by atoms with van der Waals surface area (Å²) >= 11 is 15.6. The molecule has 0 amide bonds. The maximum atomic E-state index is 18.5. The van der Waals surface area contributed by atoms with E-state index in [1.165, 1.54) is 281 Å². The van der Waals surface area contributed by atoms with Gasteiger partial charge in [-0.25, -0.2) is 8.78 Å². The molecule has 2 atom stereocenters. The number of fused-ring (bicyclic) bond motifs is 4. The molecule has 0 aliphatic rings. The van der Waals surface area contributed by atoms with Crippen molar-refractivity contribution in [3.63, 3.8) is 0 Å². The van der Waals surface area contributed by atoms with Gasteiger partial charge in [0.1, 0.15) is 33.7 Å². The smallest absolute Gasteiger partial charge is 0.134 e. The molecule has 0 bridgehead atoms. The van der Waals surface area contributed by atoms with Crippen molar-refractivity contribution in [2.75, 3.05) is 0 Å². The van der Waals surface area contributed by atoms with Crippen LogP contribution in [0, 0.1) is 37.3 Å². The van der Waals surface area contributed by atoms with Gasteiger partial charge in [0, 0.05) is 107 Å². The van der Waals surface area contributed by atoms with Gasteiger partial charge < -0.3 is 0 Å². The average molecular weight is 1550 g/mol. The molecular weight excluding hydrogens is 1440 g/mol. The van der Waals surface area contributed by atoms with E-state index in [0.29, 0.717) is 34.0 Å². The van der Waals surface area contributed by atoms with Crippen LogP contribution in [0.15, 0.2) is 60.7 Å². The van der Waals surface area contributed by atoms with Gasteiger partial charge in [0.2, 0.25) is 0 Å². The molecule has 4 nitrogen and oxygen atoms in total. The number of unbranched alkanes of at least 4 members (excludes halogenated alkanes) is 18. The topological polar surface area (TPSA) is 51.6 Å². The Hall–Kier alpha value is -4.42. The highest BCUT2D eigenvalue weighted by molar-refractivity contribution is 7.28. The highest BCUT2D eigenvalue weighted by atomic mass is 32.1. The van der Waals surface area contributed by atoms with Crippen LogP contribution in [0.2, 0.25) is 0 Å². The third kappa shape index (κ3) is 18.3. The zero-order chi connectivity index (χ0) is 71.9. The molecule has 0 fully saturated rings. The van der Waals surface area contributed by atoms with Gasteiger partial charge in [0.25, 0.3) is 0 Å². The van der Waals surface area contributed by atoms with E-state index >= 15 is 8.78 Å². The summed E-state index contributed by atoms with van der Waals surface area (Å²) in [5.41, 5.74) is 13.8. The molecule has 15 heteroatoms. The fourth-order valence-electron chi connectivity index (χ4n) is 15.6. The van der Waals surface area contributed by atoms with Crippen molar-refractivity contribution < 1.29 is 8.78 Å². The molecular formula is C88H110F2N4S9. The molecule has 550 valence electrons. The monoisotopic (exact) mass is 1550 g/mol. The minimum Gasteiger partial charge on any atom is -0.207 e. The lowest BCUT2D eigenvalue weighted by atomic mass is 9.92. The Morgan fingerprint density at radius 1 is 0.340 bits per heavy atom. The SMILES string of the molecule is CCCCCCCCc1cc(C)sc1-c1ccc(-c2sc(-c3c(F)cc(-c4cc5c(-c6cc(CCCCCC)c(CC(CC)CCCC)s6)c6sc(-c7cc(F)c(C)c8nsnc78)cc6c(-c6cc(CCCCCC)c(CC(CC)CCCC)s6)c5s4)c4nsnc34)cc2CCCCCCCC)s1. The Bertz CT molecular complexity index is 4580. The molecule has 0 aliphatic carbocycles. The molecule has 12 rings (SSSR count). The van der Waals surface area contributed by atoms with Gasteiger partial charge in [0.15, 0.2) is 0 Å². The maximum Gasteiger partial charge on any atom is 0.134 e. The van der Waals surface area contributed by atoms with Gasteiger partial charge in [0.05, 0.1) is 29.0 Å². The minimum atomic E-state index is -0.255. The Morgan fingerprint density at radius 2 is 0.738 bits per heavy atom. The lowest BCUT2D eigenvalue weighted by Crippen LogP contribution is -2.04. The molecule has 2 unspecified atom stereocenters. The van der Waals surface area contributed by atoms with Gasteiger partial charge in [-0.05, 0) is 173 Å². The third-order valence-corrected chi connectivity index (χ3v) is 31.4. The maximum absolute atomic E-state index is 18.5. The van der Waals surface area contributed by atoms with Crippen molar-refractivity contribution in [1.82, 2.24) is 17.5 Å². The van der Waals surface area contributed by atoms with Crippen LogP contribution in [0.25, 0.3) is 114 Å². The van der Waals surface area contributed by atoms with Crippen LogP contribution >= 0.6 is 103 Å². The van der Waals surface area contributed by atoms with E-state index in [2.05, 4.69) is 111 Å². The van der Waals surface area contributed by atoms with Crippen molar-refractivity contribution in [2.45, 2.75) is 288 Å². The second-order valence-electron chi connectivity index (χ2n) is 29.5. The standard InChI is InChI=1S/C88H110F2N4S9/c1-11-19-25-29-31-35-41-61-45-55(9)95-85(61)69-43-44-70(96-69)86-62(42-36-32-30-26-20-12-2)50-77(101-86)80-68(90)52-64(83-84(80)94-103-93-83)74-54-66-79(76-49-60(40-34-28-22-14-4)72(98-76)47-58(18-8)38-24-16-6)87-65(53-73(99-87)63-51-67(89)56(10)81-82(63)92-102-91-81)78(88(66)100-74)75-48-59(39-33-27-21-13-3)71(97-75)46-57(17-7)37-23-15-5/h43-45,48-54,57-58H,11-42,46-47H2,1-10H3. The number of nitrogens with zero attached hydrogens (tertiary/aromatic N) is 4. The van der Waals surface area contributed by atoms with Crippen molar-refractivity contribution in [2.24, 2.45) is 11.8 Å². The van der Waals surface area contributed by atoms with Gasteiger partial charge in [-0.1, -0.05) is 209 Å². The number of aromatic nitrogens is 4. The summed E-state index contributed by atoms with van der Waals surface area (Å²) in [5, 5.41) is 2.38. The highest BCUT2D eigenvalue weighted by Crippen LogP contribution is 2.57. The second kappa shape index (κ2) is 38.1. The Balaban J connectivity index is 1.05. The first-order chi connectivity index (χ1) is 50.4. The van der Waals surface area contributed by atoms with E-state index in [0.717, 1.165) is 94.6 Å². The van der Waals surface area contributed by atoms with E-state index < -0.39 is 0 Å². The fourth-order valence-corrected chi connectivity index (χ4v) is 25.8. The molecule has 0 N–H and O–H groups in total. The first-order valence-electron chi connectivity index (χ1n) is 39.9. The van der Waals surface area contributed by atoms with Crippen LogP contribution in [0.5, 0.6) is 0 Å². The minimum absolute atomic E-state index is 0.251. The molecule has 3 aromatic carbocycles. The van der Waals surface area contributed by atoms with E-state index in [4.69, 9.17) is 17.5 Å². The van der Waals surface area contributed by atoms with Gasteiger partial charge >= 0.3 is 0 Å². The number of halogens is 2. The largest absolute Gasteiger partial charge is 0.207 e. The van der Waals surface area contributed by atoms with Gasteiger partial charge in [-0.3, -0.25) is 0 Å². The Labute approximate surface area is 651 Å². The normalized spacial score (nSPS) is 12.7. The van der Waals surface area contributed by atoms with Crippen LogP contribution < -0.4 is 0 Å². The van der Waals surface area contributed by atoms with E-state index in [9.17, 15) is 0 Å². The zero-order valence-corrected chi connectivity index (χ0v) is 70.5. The summed E-state index contributed by atoms with van der Waals surface area (Å²) in [6, 6.07) is 23.0. The van der Waals surface area contributed by atoms with Crippen LogP contribution in [-0.4, -0.2) is 17.5 Å². The summed E-state index contributed by atoms with van der Waals surface area (Å²) in [4.78, 5) is 15.2. The molecule has 0 aliphatic heterocycles. The number of hydrogen-bond acceptors (Lipinski definition) is 13. The molecule has 9 aromatic heterocycles. The fraction of sp³-hybridized carbons (Fsp3) is 0.523. The Morgan fingerprint density at radius 3 is 1.23 bits per heavy atom. The lowest BCUT2D eigenvalue weighted by molar-refractivity contribution is 0.450. The number of rotatable bonds is 43. The second-order valence-corrected chi connectivity index (χ2v) is 38.4. The van der Waals surface area contributed by atoms with E-state index in [1.807, 2.05) is 58.3 Å². The number of benzene rings is 3. The molecule has 0 saturated heterocycles. The van der Waals surface area contributed by atoms with Crippen molar-refractivity contribution in [3.05, 3.63) is 115 Å². The summed E-state index contributed by atoms with van der Waals surface area (Å²) in [6.07, 6.45) is 40.9. The van der Waals surface area contributed by atoms with Gasteiger partial charge in [-0.2, -0.15) is 17.5 Å². The van der Waals surface area contributed by atoms with Gasteiger partial charge in [-0.15, -0.1) is 79.4 Å². The first-order valence-corrected chi connectivity index (χ1v) is 47.0. The van der Waals surface area contributed by atoms with Crippen molar-refractivity contribution in [1.29, 1.82) is 0 Å². The Kier molecular flexibility index (Phi) is 28.9. The summed E-state index contributed by atoms with van der Waals surface area (Å²) in [7, 11) is 0. The van der Waals surface area contributed by atoms with Crippen LogP contribution in [0.1, 0.15) is 278 Å². The third-order valence-electron chi connectivity index (χ3n) is 21.8. The van der Waals surface area contributed by atoms with Crippen LogP contribution in [0.4, 0.5) is 8.78 Å². The molecule has 9 heterocycles. The zero-order valence-electron chi connectivity index (χ0n) is 63.2. The van der Waals surface area contributed by atoms with Crippen LogP contribution in [0.3, 0.4) is 0 Å². The van der Waals surface area contributed by atoms with Crippen molar-refractivity contribution >= 4 is 145 Å². The average Bonchev–Trinajstić information content (AvgIpc) is 1.56. The van der Waals surface area contributed by atoms with E-state index in [1.54, 1.807) is 40.1 Å².